The third-order valence-corrected chi connectivity index (χ3v) is 6.87. The van der Waals surface area contributed by atoms with Gasteiger partial charge in [-0.15, -0.1) is 0 Å². The Bertz CT molecular complexity index is 1170. The zero-order chi connectivity index (χ0) is 19.7. The molecular weight excluding hydrogens is 388 g/mol. The van der Waals surface area contributed by atoms with Crippen LogP contribution in [0.25, 0.3) is 0 Å². The Morgan fingerprint density at radius 2 is 1.63 bits per heavy atom. The Morgan fingerprint density at radius 1 is 0.926 bits per heavy atom. The van der Waals surface area contributed by atoms with Crippen LogP contribution in [0.2, 0.25) is 0 Å². The fraction of sp³-hybridized carbons (Fsp3) is 0.111. The highest BCUT2D eigenvalue weighted by Gasteiger charge is 2.22. The molecule has 7 nitrogen and oxygen atoms in total. The number of anilines is 1. The maximum Gasteiger partial charge on any atom is 0.267 e. The molecule has 0 aliphatic heterocycles. The first kappa shape index (κ1) is 19.0. The Morgan fingerprint density at radius 3 is 2.30 bits per heavy atom. The topological polar surface area (TPSA) is 94.5 Å². The predicted molar refractivity (Wildman–Crippen MR) is 102 cm³/mol. The molecule has 0 aliphatic rings. The second-order valence-electron chi connectivity index (χ2n) is 5.80. The van der Waals surface area contributed by atoms with Crippen molar-refractivity contribution in [1.82, 2.24) is 3.97 Å². The highest BCUT2D eigenvalue weighted by atomic mass is 32.2. The summed E-state index contributed by atoms with van der Waals surface area (Å²) >= 11 is 0. The van der Waals surface area contributed by atoms with Crippen molar-refractivity contribution in [1.29, 1.82) is 0 Å². The number of hydrogen-bond donors (Lipinski definition) is 1. The molecule has 1 N–H and O–H groups in total. The van der Waals surface area contributed by atoms with Crippen LogP contribution < -0.4 is 9.46 Å². The average Bonchev–Trinajstić information content (AvgIpc) is 3.14. The van der Waals surface area contributed by atoms with Gasteiger partial charge in [0.15, 0.2) is 0 Å². The van der Waals surface area contributed by atoms with E-state index in [-0.39, 0.29) is 15.5 Å². The van der Waals surface area contributed by atoms with Gasteiger partial charge in [-0.25, -0.2) is 20.8 Å². The lowest BCUT2D eigenvalue weighted by Gasteiger charge is -2.12. The van der Waals surface area contributed by atoms with Gasteiger partial charge in [0.05, 0.1) is 17.7 Å². The van der Waals surface area contributed by atoms with Crippen LogP contribution in [0.1, 0.15) is 5.56 Å². The monoisotopic (exact) mass is 406 g/mol. The first-order valence-electron chi connectivity index (χ1n) is 7.90. The molecule has 1 aromatic heterocycles. The predicted octanol–water partition coefficient (Wildman–Crippen LogP) is 2.84. The van der Waals surface area contributed by atoms with E-state index in [1.54, 1.807) is 36.4 Å². The van der Waals surface area contributed by atoms with Crippen molar-refractivity contribution in [2.45, 2.75) is 16.7 Å². The van der Waals surface area contributed by atoms with Gasteiger partial charge in [-0.1, -0.05) is 24.3 Å². The summed E-state index contributed by atoms with van der Waals surface area (Å²) in [4.78, 5) is -0.108. The van der Waals surface area contributed by atoms with Crippen molar-refractivity contribution < 1.29 is 21.6 Å². The summed E-state index contributed by atoms with van der Waals surface area (Å²) in [6.45, 7) is 1.82. The third-order valence-electron chi connectivity index (χ3n) is 3.87. The highest BCUT2D eigenvalue weighted by Crippen LogP contribution is 2.28. The van der Waals surface area contributed by atoms with Crippen LogP contribution in [0.5, 0.6) is 5.75 Å². The smallest absolute Gasteiger partial charge is 0.267 e. The van der Waals surface area contributed by atoms with Crippen molar-refractivity contribution in [2.24, 2.45) is 0 Å². The molecule has 0 spiro atoms. The quantitative estimate of drug-likeness (QED) is 0.679. The van der Waals surface area contributed by atoms with Gasteiger partial charge in [0.1, 0.15) is 10.6 Å². The fourth-order valence-electron chi connectivity index (χ4n) is 2.49. The van der Waals surface area contributed by atoms with Gasteiger partial charge >= 0.3 is 0 Å². The number of methoxy groups -OCH3 is 1. The number of hydrogen-bond acceptors (Lipinski definition) is 5. The molecule has 0 saturated heterocycles. The SMILES string of the molecule is COc1ccc(C)cc1NS(=O)(=O)c1ccn(S(=O)(=O)c2ccccc2)c1. The van der Waals surface area contributed by atoms with Crippen molar-refractivity contribution in [3.05, 3.63) is 72.6 Å². The molecule has 2 aromatic carbocycles. The lowest BCUT2D eigenvalue weighted by molar-refractivity contribution is 0.417. The van der Waals surface area contributed by atoms with Crippen LogP contribution in [0.4, 0.5) is 5.69 Å². The van der Waals surface area contributed by atoms with E-state index in [9.17, 15) is 16.8 Å². The summed E-state index contributed by atoms with van der Waals surface area (Å²) in [5, 5.41) is 0. The summed E-state index contributed by atoms with van der Waals surface area (Å²) in [5.74, 6) is 0.362. The molecule has 1 heterocycles. The summed E-state index contributed by atoms with van der Waals surface area (Å²) < 4.78 is 59.1. The Labute approximate surface area is 158 Å². The van der Waals surface area contributed by atoms with Crippen LogP contribution in [0, 0.1) is 6.92 Å². The first-order chi connectivity index (χ1) is 12.7. The van der Waals surface area contributed by atoms with E-state index >= 15 is 0 Å². The van der Waals surface area contributed by atoms with Crippen molar-refractivity contribution in [3.63, 3.8) is 0 Å². The molecule has 0 saturated carbocycles. The van der Waals surface area contributed by atoms with Gasteiger partial charge in [0.2, 0.25) is 0 Å². The van der Waals surface area contributed by atoms with E-state index in [4.69, 9.17) is 4.74 Å². The van der Waals surface area contributed by atoms with Crippen LogP contribution >= 0.6 is 0 Å². The normalized spacial score (nSPS) is 11.9. The summed E-state index contributed by atoms with van der Waals surface area (Å²) in [7, 11) is -6.43. The zero-order valence-electron chi connectivity index (χ0n) is 14.7. The fourth-order valence-corrected chi connectivity index (χ4v) is 4.83. The molecule has 3 rings (SSSR count). The van der Waals surface area contributed by atoms with Crippen LogP contribution in [-0.2, 0) is 20.0 Å². The molecule has 142 valence electrons. The van der Waals surface area contributed by atoms with Crippen LogP contribution in [0.3, 0.4) is 0 Å². The van der Waals surface area contributed by atoms with E-state index in [0.717, 1.165) is 15.7 Å². The van der Waals surface area contributed by atoms with Crippen molar-refractivity contribution in [2.75, 3.05) is 11.8 Å². The van der Waals surface area contributed by atoms with E-state index in [1.807, 2.05) is 6.92 Å². The largest absolute Gasteiger partial charge is 0.495 e. The van der Waals surface area contributed by atoms with Crippen LogP contribution in [0.15, 0.2) is 76.8 Å². The van der Waals surface area contributed by atoms with Gasteiger partial charge in [-0.3, -0.25) is 4.72 Å². The van der Waals surface area contributed by atoms with E-state index in [1.165, 1.54) is 31.5 Å². The third kappa shape index (κ3) is 3.83. The number of aryl methyl sites for hydroxylation is 1. The molecule has 9 heteroatoms. The minimum Gasteiger partial charge on any atom is -0.495 e. The zero-order valence-corrected chi connectivity index (χ0v) is 16.3. The minimum atomic E-state index is -4.00. The highest BCUT2D eigenvalue weighted by molar-refractivity contribution is 7.93. The lowest BCUT2D eigenvalue weighted by Crippen LogP contribution is -2.14. The average molecular weight is 406 g/mol. The molecule has 0 unspecified atom stereocenters. The number of nitrogens with one attached hydrogen (secondary N) is 1. The second-order valence-corrected chi connectivity index (χ2v) is 9.33. The number of nitrogens with zero attached hydrogens (tertiary/aromatic N) is 1. The Kier molecular flexibility index (Phi) is 4.99. The van der Waals surface area contributed by atoms with Crippen molar-refractivity contribution >= 4 is 25.7 Å². The van der Waals surface area contributed by atoms with Gasteiger partial charge in [-0.2, -0.15) is 0 Å². The molecule has 0 bridgehead atoms. The molecule has 0 radical (unpaired) electrons. The van der Waals surface area contributed by atoms with Crippen LogP contribution in [-0.4, -0.2) is 27.9 Å². The van der Waals surface area contributed by atoms with E-state index in [2.05, 4.69) is 4.72 Å². The standard InChI is InChI=1S/C18H18N2O5S2/c1-14-8-9-18(25-2)17(12-14)19-26(21,22)16-10-11-20(13-16)27(23,24)15-6-4-3-5-7-15/h3-13,19H,1-2H3. The van der Waals surface area contributed by atoms with Crippen molar-refractivity contribution in [3.8, 4) is 5.75 Å². The molecular formula is C18H18N2O5S2. The van der Waals surface area contributed by atoms with Gasteiger partial charge in [0.25, 0.3) is 20.0 Å². The molecule has 3 aromatic rings. The molecule has 0 fully saturated rings. The van der Waals surface area contributed by atoms with Gasteiger partial charge in [-0.05, 0) is 42.8 Å². The Hall–Kier alpha value is -2.78. The molecule has 27 heavy (non-hydrogen) atoms. The summed E-state index contributed by atoms with van der Waals surface area (Å²) in [5.41, 5.74) is 1.12. The molecule has 0 atom stereocenters. The van der Waals surface area contributed by atoms with E-state index in [0.29, 0.717) is 5.75 Å². The maximum atomic E-state index is 12.7. The Balaban J connectivity index is 1.95. The number of benzene rings is 2. The van der Waals surface area contributed by atoms with Gasteiger partial charge in [0, 0.05) is 12.4 Å². The lowest BCUT2D eigenvalue weighted by atomic mass is 10.2. The van der Waals surface area contributed by atoms with E-state index < -0.39 is 20.0 Å². The molecule has 0 amide bonds. The number of ether oxygens (including phenoxy) is 1. The number of sulfonamides is 1. The maximum absolute atomic E-state index is 12.7. The first-order valence-corrected chi connectivity index (χ1v) is 10.8. The summed E-state index contributed by atoms with van der Waals surface area (Å²) in [6, 6.07) is 14.1. The minimum absolute atomic E-state index is 0.0675. The molecule has 0 aliphatic carbocycles. The second kappa shape index (κ2) is 7.09. The number of aromatic nitrogens is 1. The number of rotatable bonds is 6. The van der Waals surface area contributed by atoms with Gasteiger partial charge < -0.3 is 4.74 Å². The summed E-state index contributed by atoms with van der Waals surface area (Å²) in [6.07, 6.45) is 2.26.